The molecule has 0 saturated heterocycles. The lowest BCUT2D eigenvalue weighted by atomic mass is 10.3. The molecule has 2 nitrogen and oxygen atoms in total. The first-order chi connectivity index (χ1) is 4.31. The highest BCUT2D eigenvalue weighted by Gasteiger charge is 2.01. The molecule has 0 N–H and O–H groups in total. The first-order valence-electron chi connectivity index (χ1n) is 2.93. The maximum absolute atomic E-state index is 5.75. The van der Waals surface area contributed by atoms with Crippen molar-refractivity contribution in [3.8, 4) is 0 Å². The molecule has 3 heteroatoms. The fourth-order valence-electron chi connectivity index (χ4n) is 0.510. The first kappa shape index (κ1) is 9.21. The number of alkyl halides is 1. The highest BCUT2D eigenvalue weighted by Crippen LogP contribution is 2.01. The van der Waals surface area contributed by atoms with Crippen LogP contribution in [0.3, 0.4) is 0 Å². The topological polar surface area (TPSA) is 18.5 Å². The van der Waals surface area contributed by atoms with Gasteiger partial charge in [0.15, 0.2) is 0 Å². The quantitative estimate of drug-likeness (QED) is 0.553. The molecule has 0 saturated carbocycles. The van der Waals surface area contributed by atoms with Crippen LogP contribution >= 0.6 is 11.6 Å². The Labute approximate surface area is 61.1 Å². The Bertz CT molecular complexity index is 59.0. The minimum atomic E-state index is 0.0925. The summed E-state index contributed by atoms with van der Waals surface area (Å²) in [5.74, 6) is 0. The predicted octanol–water partition coefficient (Wildman–Crippen LogP) is 1.28. The van der Waals surface area contributed by atoms with Gasteiger partial charge in [0.05, 0.1) is 12.0 Å². The standard InChI is InChI=1S/C6H13ClO2/c1-8-4-3-6(7)5-9-2/h6H,3-5H2,1-2H3. The van der Waals surface area contributed by atoms with E-state index in [9.17, 15) is 0 Å². The number of hydrogen-bond acceptors (Lipinski definition) is 2. The fourth-order valence-corrected chi connectivity index (χ4v) is 0.725. The molecule has 0 radical (unpaired) electrons. The average Bonchev–Trinajstić information content (AvgIpc) is 1.85. The molecule has 0 aromatic carbocycles. The third-order valence-electron chi connectivity index (χ3n) is 0.983. The zero-order chi connectivity index (χ0) is 7.11. The maximum Gasteiger partial charge on any atom is 0.0627 e. The summed E-state index contributed by atoms with van der Waals surface area (Å²) in [7, 11) is 3.30. The predicted molar refractivity (Wildman–Crippen MR) is 38.0 cm³/mol. The summed E-state index contributed by atoms with van der Waals surface area (Å²) in [6, 6.07) is 0. The van der Waals surface area contributed by atoms with E-state index in [0.717, 1.165) is 6.42 Å². The molecule has 1 atom stereocenters. The van der Waals surface area contributed by atoms with Crippen molar-refractivity contribution in [1.82, 2.24) is 0 Å². The van der Waals surface area contributed by atoms with Gasteiger partial charge in [-0.05, 0) is 6.42 Å². The Balaban J connectivity index is 2.95. The maximum atomic E-state index is 5.75. The summed E-state index contributed by atoms with van der Waals surface area (Å²) in [6.45, 7) is 1.31. The Hall–Kier alpha value is 0.210. The van der Waals surface area contributed by atoms with Crippen LogP contribution in [0.15, 0.2) is 0 Å². The Morgan fingerprint density at radius 3 is 2.44 bits per heavy atom. The van der Waals surface area contributed by atoms with Crippen LogP contribution in [0.4, 0.5) is 0 Å². The lowest BCUT2D eigenvalue weighted by Crippen LogP contribution is -2.09. The van der Waals surface area contributed by atoms with Crippen LogP contribution in [0.25, 0.3) is 0 Å². The van der Waals surface area contributed by atoms with E-state index in [-0.39, 0.29) is 5.38 Å². The lowest BCUT2D eigenvalue weighted by Gasteiger charge is -2.05. The van der Waals surface area contributed by atoms with E-state index in [4.69, 9.17) is 21.1 Å². The number of rotatable bonds is 5. The Kier molecular flexibility index (Phi) is 6.48. The van der Waals surface area contributed by atoms with Gasteiger partial charge in [-0.25, -0.2) is 0 Å². The van der Waals surface area contributed by atoms with Crippen molar-refractivity contribution in [3.63, 3.8) is 0 Å². The molecular formula is C6H13ClO2. The van der Waals surface area contributed by atoms with Crippen molar-refractivity contribution >= 4 is 11.6 Å². The van der Waals surface area contributed by atoms with Gasteiger partial charge in [-0.1, -0.05) is 0 Å². The van der Waals surface area contributed by atoms with Gasteiger partial charge in [0, 0.05) is 20.8 Å². The van der Waals surface area contributed by atoms with Crippen LogP contribution in [0, 0.1) is 0 Å². The zero-order valence-electron chi connectivity index (χ0n) is 5.89. The van der Waals surface area contributed by atoms with E-state index >= 15 is 0 Å². The summed E-state index contributed by atoms with van der Waals surface area (Å²) in [4.78, 5) is 0. The van der Waals surface area contributed by atoms with Crippen LogP contribution in [0.2, 0.25) is 0 Å². The number of hydrogen-bond donors (Lipinski definition) is 0. The second-order valence-electron chi connectivity index (χ2n) is 1.83. The average molecular weight is 153 g/mol. The van der Waals surface area contributed by atoms with E-state index in [0.29, 0.717) is 13.2 Å². The van der Waals surface area contributed by atoms with Crippen molar-refractivity contribution < 1.29 is 9.47 Å². The van der Waals surface area contributed by atoms with Gasteiger partial charge in [-0.2, -0.15) is 0 Å². The van der Waals surface area contributed by atoms with Crippen LogP contribution in [-0.2, 0) is 9.47 Å². The summed E-state index contributed by atoms with van der Waals surface area (Å²) in [5.41, 5.74) is 0. The van der Waals surface area contributed by atoms with Crippen LogP contribution in [0.1, 0.15) is 6.42 Å². The minimum absolute atomic E-state index is 0.0925. The Morgan fingerprint density at radius 2 is 2.00 bits per heavy atom. The van der Waals surface area contributed by atoms with Crippen molar-refractivity contribution in [3.05, 3.63) is 0 Å². The zero-order valence-corrected chi connectivity index (χ0v) is 6.65. The molecule has 0 aliphatic rings. The number of methoxy groups -OCH3 is 2. The fraction of sp³-hybridized carbons (Fsp3) is 1.00. The highest BCUT2D eigenvalue weighted by molar-refractivity contribution is 6.20. The molecule has 0 rings (SSSR count). The smallest absolute Gasteiger partial charge is 0.0627 e. The summed E-state index contributed by atoms with van der Waals surface area (Å²) in [6.07, 6.45) is 0.853. The molecule has 0 aromatic heterocycles. The van der Waals surface area contributed by atoms with Crippen molar-refractivity contribution in [2.75, 3.05) is 27.4 Å². The van der Waals surface area contributed by atoms with Gasteiger partial charge in [-0.3, -0.25) is 0 Å². The third kappa shape index (κ3) is 6.09. The second kappa shape index (κ2) is 6.33. The van der Waals surface area contributed by atoms with Gasteiger partial charge in [0.1, 0.15) is 0 Å². The number of halogens is 1. The van der Waals surface area contributed by atoms with Crippen molar-refractivity contribution in [2.45, 2.75) is 11.8 Å². The molecule has 0 fully saturated rings. The van der Waals surface area contributed by atoms with E-state index in [1.807, 2.05) is 0 Å². The molecule has 0 spiro atoms. The largest absolute Gasteiger partial charge is 0.385 e. The summed E-state index contributed by atoms with van der Waals surface area (Å²) in [5, 5.41) is 0.0925. The van der Waals surface area contributed by atoms with Gasteiger partial charge >= 0.3 is 0 Å². The van der Waals surface area contributed by atoms with Gasteiger partial charge in [0.25, 0.3) is 0 Å². The SMILES string of the molecule is COCCC(Cl)COC. The minimum Gasteiger partial charge on any atom is -0.385 e. The summed E-state index contributed by atoms with van der Waals surface area (Å²) >= 11 is 5.75. The van der Waals surface area contributed by atoms with Crippen LogP contribution in [0.5, 0.6) is 0 Å². The number of ether oxygens (including phenoxy) is 2. The third-order valence-corrected chi connectivity index (χ3v) is 1.33. The van der Waals surface area contributed by atoms with Gasteiger partial charge < -0.3 is 9.47 Å². The van der Waals surface area contributed by atoms with Crippen LogP contribution < -0.4 is 0 Å². The molecule has 0 amide bonds. The molecule has 0 aliphatic carbocycles. The summed E-state index contributed by atoms with van der Waals surface area (Å²) < 4.78 is 9.63. The van der Waals surface area contributed by atoms with Crippen LogP contribution in [-0.4, -0.2) is 32.8 Å². The first-order valence-corrected chi connectivity index (χ1v) is 3.36. The monoisotopic (exact) mass is 152 g/mol. The van der Waals surface area contributed by atoms with E-state index in [2.05, 4.69) is 0 Å². The van der Waals surface area contributed by atoms with E-state index < -0.39 is 0 Å². The molecular weight excluding hydrogens is 140 g/mol. The molecule has 0 heterocycles. The van der Waals surface area contributed by atoms with E-state index in [1.54, 1.807) is 14.2 Å². The molecule has 0 aliphatic heterocycles. The lowest BCUT2D eigenvalue weighted by molar-refractivity contribution is 0.162. The van der Waals surface area contributed by atoms with Crippen molar-refractivity contribution in [1.29, 1.82) is 0 Å². The van der Waals surface area contributed by atoms with Gasteiger partial charge in [0.2, 0.25) is 0 Å². The Morgan fingerprint density at radius 1 is 1.33 bits per heavy atom. The van der Waals surface area contributed by atoms with Crippen molar-refractivity contribution in [2.24, 2.45) is 0 Å². The molecule has 9 heavy (non-hydrogen) atoms. The van der Waals surface area contributed by atoms with Gasteiger partial charge in [-0.15, -0.1) is 11.6 Å². The molecule has 56 valence electrons. The molecule has 0 bridgehead atoms. The normalized spacial score (nSPS) is 13.7. The molecule has 1 unspecified atom stereocenters. The molecule has 0 aromatic rings. The van der Waals surface area contributed by atoms with E-state index in [1.165, 1.54) is 0 Å². The highest BCUT2D eigenvalue weighted by atomic mass is 35.5. The second-order valence-corrected chi connectivity index (χ2v) is 2.45.